The van der Waals surface area contributed by atoms with E-state index in [-0.39, 0.29) is 31.1 Å². The van der Waals surface area contributed by atoms with Gasteiger partial charge in [0.2, 0.25) is 5.91 Å². The predicted molar refractivity (Wildman–Crippen MR) is 194 cm³/mol. The average molecular weight is 663 g/mol. The van der Waals surface area contributed by atoms with Crippen molar-refractivity contribution in [3.8, 4) is 0 Å². The lowest BCUT2D eigenvalue weighted by Gasteiger charge is -2.15. The zero-order chi connectivity index (χ0) is 34.5. The number of carbonyl (C=O) groups is 3. The molecule has 0 aliphatic rings. The minimum absolute atomic E-state index is 0.0954. The highest BCUT2D eigenvalue weighted by atomic mass is 16.6. The number of hydrogen-bond donors (Lipinski definition) is 3. The van der Waals surface area contributed by atoms with Crippen molar-refractivity contribution >= 4 is 17.8 Å². The third-order valence-corrected chi connectivity index (χ3v) is 7.92. The van der Waals surface area contributed by atoms with Crippen LogP contribution >= 0.6 is 0 Å². The molecule has 0 bridgehead atoms. The number of esters is 2. The molecule has 0 aliphatic heterocycles. The number of hydrogen-bond acceptors (Lipinski definition) is 7. The Hall–Kier alpha value is -2.45. The molecule has 8 nitrogen and oxygen atoms in total. The van der Waals surface area contributed by atoms with Gasteiger partial charge < -0.3 is 25.6 Å². The van der Waals surface area contributed by atoms with Crippen molar-refractivity contribution in [1.82, 2.24) is 5.32 Å². The van der Waals surface area contributed by atoms with E-state index in [1.54, 1.807) is 0 Å². The van der Waals surface area contributed by atoms with Crippen molar-refractivity contribution in [3.63, 3.8) is 0 Å². The molecule has 1 unspecified atom stereocenters. The van der Waals surface area contributed by atoms with E-state index in [4.69, 9.17) is 15.2 Å². The van der Waals surface area contributed by atoms with Gasteiger partial charge in [0.05, 0.1) is 6.61 Å². The highest BCUT2D eigenvalue weighted by molar-refractivity contribution is 5.75. The first-order chi connectivity index (χ1) is 23.0. The molecule has 0 saturated carbocycles. The normalized spacial score (nSPS) is 12.3. The minimum atomic E-state index is -0.799. The summed E-state index contributed by atoms with van der Waals surface area (Å²) < 4.78 is 10.6. The minimum Gasteiger partial charge on any atom is -0.462 e. The smallest absolute Gasteiger partial charge is 0.306 e. The van der Waals surface area contributed by atoms with E-state index in [9.17, 15) is 19.5 Å². The lowest BCUT2D eigenvalue weighted by molar-refractivity contribution is -0.161. The predicted octanol–water partition coefficient (Wildman–Crippen LogP) is 8.56. The molecule has 0 aromatic carbocycles. The Morgan fingerprint density at radius 2 is 1.11 bits per heavy atom. The van der Waals surface area contributed by atoms with Crippen LogP contribution in [0.1, 0.15) is 161 Å². The van der Waals surface area contributed by atoms with E-state index < -0.39 is 6.10 Å². The van der Waals surface area contributed by atoms with Crippen LogP contribution in [0.15, 0.2) is 36.5 Å². The first-order valence-electron chi connectivity index (χ1n) is 18.9. The maximum atomic E-state index is 12.1. The number of carbonyl (C=O) groups excluding carboxylic acids is 3. The van der Waals surface area contributed by atoms with Gasteiger partial charge in [0, 0.05) is 32.4 Å². The van der Waals surface area contributed by atoms with Crippen LogP contribution in [0.3, 0.4) is 0 Å². The number of allylic oxidation sites excluding steroid dienone is 6. The standard InChI is InChI=1S/C39H70N2O6/c1-2-3-4-5-6-7-8-9-12-16-19-22-25-28-31-39(45)47-36(34-42)35-46-38(44)30-27-24-21-18-15-13-10-11-14-17-20-23-26-29-37(43)41-33-32-40/h5-6,8-11,36,42H,2-4,7,12-35,40H2,1H3,(H,41,43). The van der Waals surface area contributed by atoms with Gasteiger partial charge >= 0.3 is 11.9 Å². The molecule has 0 aliphatic carbocycles. The van der Waals surface area contributed by atoms with E-state index >= 15 is 0 Å². The summed E-state index contributed by atoms with van der Waals surface area (Å²) >= 11 is 0. The lowest BCUT2D eigenvalue weighted by atomic mass is 10.1. The molecule has 0 aromatic rings. The Balaban J connectivity index is 3.60. The fourth-order valence-electron chi connectivity index (χ4n) is 5.02. The number of rotatable bonds is 34. The van der Waals surface area contributed by atoms with E-state index in [0.29, 0.717) is 32.4 Å². The SMILES string of the molecule is CCCCC=CCC=CCCCCCCCC(=O)OC(CO)COC(=O)CCCCCCCC=CCCCCCCC(=O)NCCN. The van der Waals surface area contributed by atoms with Crippen LogP contribution in [0.5, 0.6) is 0 Å². The van der Waals surface area contributed by atoms with Gasteiger partial charge in [-0.25, -0.2) is 0 Å². The maximum absolute atomic E-state index is 12.1. The second-order valence-corrected chi connectivity index (χ2v) is 12.5. The fraction of sp³-hybridized carbons (Fsp3) is 0.769. The zero-order valence-electron chi connectivity index (χ0n) is 29.9. The quantitative estimate of drug-likeness (QED) is 0.0358. The average Bonchev–Trinajstić information content (AvgIpc) is 3.07. The molecule has 1 amide bonds. The number of nitrogens with two attached hydrogens (primary N) is 1. The highest BCUT2D eigenvalue weighted by Gasteiger charge is 2.16. The number of unbranched alkanes of at least 4 members (excludes halogenated alkanes) is 16. The summed E-state index contributed by atoms with van der Waals surface area (Å²) in [5.74, 6) is -0.554. The topological polar surface area (TPSA) is 128 Å². The summed E-state index contributed by atoms with van der Waals surface area (Å²) in [5, 5.41) is 12.3. The monoisotopic (exact) mass is 663 g/mol. The van der Waals surface area contributed by atoms with Crippen molar-refractivity contribution in [3.05, 3.63) is 36.5 Å². The first-order valence-corrected chi connectivity index (χ1v) is 18.9. The van der Waals surface area contributed by atoms with Gasteiger partial charge in [-0.3, -0.25) is 14.4 Å². The molecule has 0 fully saturated rings. The van der Waals surface area contributed by atoms with E-state index in [0.717, 1.165) is 109 Å². The Morgan fingerprint density at radius 1 is 0.638 bits per heavy atom. The Kier molecular flexibility index (Phi) is 34.5. The van der Waals surface area contributed by atoms with Crippen LogP contribution in [0.2, 0.25) is 0 Å². The Labute approximate surface area is 287 Å². The van der Waals surface area contributed by atoms with Gasteiger partial charge in [-0.15, -0.1) is 0 Å². The summed E-state index contributed by atoms with van der Waals surface area (Å²) in [6.07, 6.45) is 36.6. The molecular weight excluding hydrogens is 592 g/mol. The van der Waals surface area contributed by atoms with E-state index in [1.165, 1.54) is 25.7 Å². The third kappa shape index (κ3) is 34.7. The van der Waals surface area contributed by atoms with Gasteiger partial charge in [0.15, 0.2) is 6.10 Å². The first kappa shape index (κ1) is 44.5. The summed E-state index contributed by atoms with van der Waals surface area (Å²) in [6, 6.07) is 0. The molecule has 0 saturated heterocycles. The van der Waals surface area contributed by atoms with Crippen molar-refractivity contribution in [2.24, 2.45) is 5.73 Å². The fourth-order valence-corrected chi connectivity index (χ4v) is 5.02. The summed E-state index contributed by atoms with van der Waals surface area (Å²) in [6.45, 7) is 2.81. The molecule has 272 valence electrons. The molecule has 0 heterocycles. The Bertz CT molecular complexity index is 826. The highest BCUT2D eigenvalue weighted by Crippen LogP contribution is 2.12. The van der Waals surface area contributed by atoms with Crippen molar-refractivity contribution in [1.29, 1.82) is 0 Å². The van der Waals surface area contributed by atoms with Crippen LogP contribution in [0.25, 0.3) is 0 Å². The molecule has 0 rings (SSSR count). The summed E-state index contributed by atoms with van der Waals surface area (Å²) in [5.41, 5.74) is 5.38. The third-order valence-electron chi connectivity index (χ3n) is 7.92. The maximum Gasteiger partial charge on any atom is 0.306 e. The van der Waals surface area contributed by atoms with Gasteiger partial charge in [-0.2, -0.15) is 0 Å². The van der Waals surface area contributed by atoms with Gasteiger partial charge in [-0.1, -0.05) is 108 Å². The summed E-state index contributed by atoms with van der Waals surface area (Å²) in [7, 11) is 0. The zero-order valence-corrected chi connectivity index (χ0v) is 29.9. The van der Waals surface area contributed by atoms with E-state index in [1.807, 2.05) is 0 Å². The number of nitrogens with one attached hydrogen (secondary N) is 1. The molecule has 1 atom stereocenters. The van der Waals surface area contributed by atoms with Gasteiger partial charge in [0.1, 0.15) is 6.61 Å². The molecule has 47 heavy (non-hydrogen) atoms. The van der Waals surface area contributed by atoms with Crippen molar-refractivity contribution in [2.45, 2.75) is 167 Å². The second kappa shape index (κ2) is 36.4. The molecule has 4 N–H and O–H groups in total. The molecule has 8 heteroatoms. The van der Waals surface area contributed by atoms with Crippen LogP contribution in [-0.2, 0) is 23.9 Å². The number of aliphatic hydroxyl groups is 1. The van der Waals surface area contributed by atoms with E-state index in [2.05, 4.69) is 48.7 Å². The van der Waals surface area contributed by atoms with Crippen LogP contribution in [0.4, 0.5) is 0 Å². The summed E-state index contributed by atoms with van der Waals surface area (Å²) in [4.78, 5) is 35.7. The van der Waals surface area contributed by atoms with Crippen molar-refractivity contribution < 1.29 is 29.0 Å². The lowest BCUT2D eigenvalue weighted by Crippen LogP contribution is -2.28. The van der Waals surface area contributed by atoms with Crippen LogP contribution in [0, 0.1) is 0 Å². The molecule has 0 spiro atoms. The van der Waals surface area contributed by atoms with Gasteiger partial charge in [0.25, 0.3) is 0 Å². The van der Waals surface area contributed by atoms with Gasteiger partial charge in [-0.05, 0) is 70.6 Å². The molecular formula is C39H70N2O6. The number of aliphatic hydroxyl groups excluding tert-OH is 1. The molecule has 0 aromatic heterocycles. The number of ether oxygens (including phenoxy) is 2. The Morgan fingerprint density at radius 3 is 1.64 bits per heavy atom. The largest absolute Gasteiger partial charge is 0.462 e. The second-order valence-electron chi connectivity index (χ2n) is 12.5. The number of amides is 1. The van der Waals surface area contributed by atoms with Crippen molar-refractivity contribution in [2.75, 3.05) is 26.3 Å². The molecule has 0 radical (unpaired) electrons. The van der Waals surface area contributed by atoms with Crippen LogP contribution in [-0.4, -0.2) is 55.4 Å². The van der Waals surface area contributed by atoms with Crippen LogP contribution < -0.4 is 11.1 Å².